The number of benzene rings is 1. The maximum absolute atomic E-state index is 13.3. The summed E-state index contributed by atoms with van der Waals surface area (Å²) in [4.78, 5) is 30.9. The van der Waals surface area contributed by atoms with Crippen LogP contribution >= 0.6 is 0 Å². The molecule has 0 aliphatic carbocycles. The van der Waals surface area contributed by atoms with Crippen LogP contribution in [-0.2, 0) is 9.53 Å². The first kappa shape index (κ1) is 19.6. The van der Waals surface area contributed by atoms with Crippen molar-refractivity contribution in [2.75, 3.05) is 45.2 Å². The Bertz CT molecular complexity index is 681. The second-order valence-electron chi connectivity index (χ2n) is 7.57. The molecule has 2 aliphatic rings. The number of ether oxygens (including phenoxy) is 1. The van der Waals surface area contributed by atoms with Gasteiger partial charge in [-0.2, -0.15) is 0 Å². The molecule has 1 aromatic carbocycles. The van der Waals surface area contributed by atoms with Gasteiger partial charge in [0, 0.05) is 51.3 Å². The van der Waals surface area contributed by atoms with Gasteiger partial charge in [-0.1, -0.05) is 6.92 Å². The van der Waals surface area contributed by atoms with Crippen LogP contribution in [0.25, 0.3) is 0 Å². The van der Waals surface area contributed by atoms with Crippen molar-refractivity contribution in [2.24, 2.45) is 0 Å². The number of carboxylic acids is 1. The summed E-state index contributed by atoms with van der Waals surface area (Å²) in [6, 6.07) is 6.32. The highest BCUT2D eigenvalue weighted by Crippen LogP contribution is 2.38. The fraction of sp³-hybridized carbons (Fsp3) is 0.600. The molecule has 0 bridgehead atoms. The van der Waals surface area contributed by atoms with Gasteiger partial charge >= 0.3 is 5.97 Å². The molecule has 1 aromatic rings. The molecular weight excluding hydrogens is 346 g/mol. The maximum Gasteiger partial charge on any atom is 0.328 e. The lowest BCUT2D eigenvalue weighted by molar-refractivity contribution is -0.143. The predicted octanol–water partition coefficient (Wildman–Crippen LogP) is 1.88. The minimum atomic E-state index is -1.01. The molecule has 0 unspecified atom stereocenters. The average molecular weight is 375 g/mol. The number of hydrogen-bond acceptors (Lipinski definition) is 5. The van der Waals surface area contributed by atoms with E-state index in [-0.39, 0.29) is 12.5 Å². The number of piperidine rings is 1. The van der Waals surface area contributed by atoms with Crippen molar-refractivity contribution < 1.29 is 19.4 Å². The summed E-state index contributed by atoms with van der Waals surface area (Å²) < 4.78 is 5.99. The van der Waals surface area contributed by atoms with Crippen LogP contribution in [0, 0.1) is 0 Å². The molecule has 7 nitrogen and oxygen atoms in total. The van der Waals surface area contributed by atoms with Crippen molar-refractivity contribution in [1.29, 1.82) is 0 Å². The zero-order chi connectivity index (χ0) is 19.6. The van der Waals surface area contributed by atoms with Gasteiger partial charge in [0.2, 0.25) is 0 Å². The highest BCUT2D eigenvalue weighted by molar-refractivity contribution is 5.97. The summed E-state index contributed by atoms with van der Waals surface area (Å²) in [6.07, 6.45) is 2.35. The van der Waals surface area contributed by atoms with Gasteiger partial charge in [-0.25, -0.2) is 4.79 Å². The van der Waals surface area contributed by atoms with E-state index in [0.29, 0.717) is 18.4 Å². The lowest BCUT2D eigenvalue weighted by Crippen LogP contribution is -2.58. The molecule has 148 valence electrons. The number of aliphatic carboxylic acids is 1. The third-order valence-corrected chi connectivity index (χ3v) is 5.57. The molecule has 3 rings (SSSR count). The first-order chi connectivity index (χ1) is 12.9. The molecule has 2 aliphatic heterocycles. The highest BCUT2D eigenvalue weighted by Gasteiger charge is 2.53. The average Bonchev–Trinajstić information content (AvgIpc) is 3.02. The standard InChI is InChI=1S/C20H29N3O4/c1-4-11-22-12-9-20(10-13-22)23(17(14-27-20)19(25)26)18(24)15-5-7-16(8-6-15)21(2)3/h5-8,17H,4,9-14H2,1-3H3,(H,25,26)/t17-/m1/s1. The fourth-order valence-electron chi connectivity index (χ4n) is 4.04. The van der Waals surface area contributed by atoms with Crippen molar-refractivity contribution in [2.45, 2.75) is 38.0 Å². The second-order valence-corrected chi connectivity index (χ2v) is 7.57. The molecule has 1 atom stereocenters. The molecule has 2 saturated heterocycles. The summed E-state index contributed by atoms with van der Waals surface area (Å²) in [5.41, 5.74) is 0.666. The minimum absolute atomic E-state index is 0.0463. The van der Waals surface area contributed by atoms with Gasteiger partial charge in [-0.05, 0) is 37.2 Å². The molecule has 2 heterocycles. The number of carbonyl (C=O) groups is 2. The Hall–Kier alpha value is -2.12. The van der Waals surface area contributed by atoms with Gasteiger partial charge < -0.3 is 19.6 Å². The number of nitrogens with zero attached hydrogens (tertiary/aromatic N) is 3. The molecule has 1 spiro atoms. The Morgan fingerprint density at radius 3 is 2.37 bits per heavy atom. The second kappa shape index (κ2) is 7.86. The van der Waals surface area contributed by atoms with Crippen LogP contribution in [0.4, 0.5) is 5.69 Å². The molecule has 7 heteroatoms. The molecule has 0 saturated carbocycles. The molecule has 0 radical (unpaired) electrons. The quantitative estimate of drug-likeness (QED) is 0.847. The van der Waals surface area contributed by atoms with Crippen LogP contribution in [0.1, 0.15) is 36.5 Å². The molecular formula is C20H29N3O4. The summed E-state index contributed by atoms with van der Waals surface area (Å²) in [5.74, 6) is -1.28. The number of amides is 1. The molecule has 2 fully saturated rings. The van der Waals surface area contributed by atoms with Crippen LogP contribution in [0.15, 0.2) is 24.3 Å². The third-order valence-electron chi connectivity index (χ3n) is 5.57. The van der Waals surface area contributed by atoms with Crippen LogP contribution < -0.4 is 4.90 Å². The van der Waals surface area contributed by atoms with Gasteiger partial charge in [-0.15, -0.1) is 0 Å². The fourth-order valence-corrected chi connectivity index (χ4v) is 4.04. The molecule has 0 aromatic heterocycles. The van der Waals surface area contributed by atoms with Gasteiger partial charge in [0.05, 0.1) is 6.61 Å². The van der Waals surface area contributed by atoms with Gasteiger partial charge in [0.1, 0.15) is 5.72 Å². The summed E-state index contributed by atoms with van der Waals surface area (Å²) >= 11 is 0. The van der Waals surface area contributed by atoms with Crippen molar-refractivity contribution in [3.63, 3.8) is 0 Å². The molecule has 1 amide bonds. The predicted molar refractivity (Wildman–Crippen MR) is 103 cm³/mol. The van der Waals surface area contributed by atoms with Crippen LogP contribution in [0.2, 0.25) is 0 Å². The number of likely N-dealkylation sites (tertiary alicyclic amines) is 1. The minimum Gasteiger partial charge on any atom is -0.480 e. The highest BCUT2D eigenvalue weighted by atomic mass is 16.5. The number of rotatable bonds is 5. The summed E-state index contributed by atoms with van der Waals surface area (Å²) in [5, 5.41) is 9.66. The number of carbonyl (C=O) groups excluding carboxylic acids is 1. The normalized spacial score (nSPS) is 22.2. The molecule has 1 N–H and O–H groups in total. The van der Waals surface area contributed by atoms with Crippen molar-refractivity contribution in [3.05, 3.63) is 29.8 Å². The number of carboxylic acid groups (broad SMARTS) is 1. The Kier molecular flexibility index (Phi) is 5.72. The Morgan fingerprint density at radius 1 is 1.22 bits per heavy atom. The topological polar surface area (TPSA) is 73.3 Å². The SMILES string of the molecule is CCCN1CCC2(CC1)OC[C@H](C(=O)O)N2C(=O)c1ccc(N(C)C)cc1. The van der Waals surface area contributed by atoms with E-state index in [1.54, 1.807) is 12.1 Å². The van der Waals surface area contributed by atoms with E-state index in [1.807, 2.05) is 31.1 Å². The Labute approximate surface area is 160 Å². The van der Waals surface area contributed by atoms with Crippen LogP contribution in [0.5, 0.6) is 0 Å². The summed E-state index contributed by atoms with van der Waals surface area (Å²) in [7, 11) is 3.87. The monoisotopic (exact) mass is 375 g/mol. The Morgan fingerprint density at radius 2 is 1.85 bits per heavy atom. The lowest BCUT2D eigenvalue weighted by Gasteiger charge is -2.44. The first-order valence-corrected chi connectivity index (χ1v) is 9.58. The smallest absolute Gasteiger partial charge is 0.328 e. The van der Waals surface area contributed by atoms with Gasteiger partial charge in [0.15, 0.2) is 6.04 Å². The van der Waals surface area contributed by atoms with E-state index in [1.165, 1.54) is 4.90 Å². The summed E-state index contributed by atoms with van der Waals surface area (Å²) in [6.45, 7) is 4.82. The maximum atomic E-state index is 13.3. The van der Waals surface area contributed by atoms with E-state index in [2.05, 4.69) is 11.8 Å². The van der Waals surface area contributed by atoms with E-state index in [4.69, 9.17) is 4.74 Å². The third kappa shape index (κ3) is 3.80. The van der Waals surface area contributed by atoms with Crippen molar-refractivity contribution in [1.82, 2.24) is 9.80 Å². The zero-order valence-electron chi connectivity index (χ0n) is 16.4. The number of anilines is 1. The van der Waals surface area contributed by atoms with E-state index in [9.17, 15) is 14.7 Å². The van der Waals surface area contributed by atoms with Crippen LogP contribution in [-0.4, -0.2) is 78.9 Å². The van der Waals surface area contributed by atoms with E-state index in [0.717, 1.165) is 31.7 Å². The largest absolute Gasteiger partial charge is 0.480 e. The molecule has 27 heavy (non-hydrogen) atoms. The van der Waals surface area contributed by atoms with Crippen molar-refractivity contribution >= 4 is 17.6 Å². The van der Waals surface area contributed by atoms with Crippen LogP contribution in [0.3, 0.4) is 0 Å². The van der Waals surface area contributed by atoms with Gasteiger partial charge in [-0.3, -0.25) is 9.69 Å². The van der Waals surface area contributed by atoms with Crippen molar-refractivity contribution in [3.8, 4) is 0 Å². The lowest BCUT2D eigenvalue weighted by atomic mass is 9.96. The number of hydrogen-bond donors (Lipinski definition) is 1. The Balaban J connectivity index is 1.85. The van der Waals surface area contributed by atoms with E-state index < -0.39 is 17.7 Å². The zero-order valence-corrected chi connectivity index (χ0v) is 16.4. The van der Waals surface area contributed by atoms with E-state index >= 15 is 0 Å². The first-order valence-electron chi connectivity index (χ1n) is 9.58. The van der Waals surface area contributed by atoms with Gasteiger partial charge in [0.25, 0.3) is 5.91 Å².